The zero-order chi connectivity index (χ0) is 13.2. The van der Waals surface area contributed by atoms with Crippen LogP contribution in [0, 0.1) is 5.92 Å². The van der Waals surface area contributed by atoms with Gasteiger partial charge in [0.25, 0.3) is 0 Å². The van der Waals surface area contributed by atoms with Crippen molar-refractivity contribution in [2.45, 2.75) is 58.9 Å². The molecule has 0 spiro atoms. The topological polar surface area (TPSA) is 24.9 Å². The van der Waals surface area contributed by atoms with Crippen molar-refractivity contribution in [3.63, 3.8) is 0 Å². The zero-order valence-corrected chi connectivity index (χ0v) is 12.2. The molecule has 18 heavy (non-hydrogen) atoms. The summed E-state index contributed by atoms with van der Waals surface area (Å²) in [6, 6.07) is 4.87. The van der Waals surface area contributed by atoms with Crippen LogP contribution in [0.5, 0.6) is 0 Å². The highest BCUT2D eigenvalue weighted by molar-refractivity contribution is 5.11. The lowest BCUT2D eigenvalue weighted by molar-refractivity contribution is 0.434. The number of nitrogens with zero attached hydrogens (tertiary/aromatic N) is 1. The third-order valence-corrected chi connectivity index (χ3v) is 3.25. The Morgan fingerprint density at radius 3 is 2.50 bits per heavy atom. The fourth-order valence-corrected chi connectivity index (χ4v) is 2.20. The van der Waals surface area contributed by atoms with Gasteiger partial charge in [-0.3, -0.25) is 4.98 Å². The van der Waals surface area contributed by atoms with Gasteiger partial charge in [0, 0.05) is 18.4 Å². The van der Waals surface area contributed by atoms with Crippen LogP contribution in [0.3, 0.4) is 0 Å². The Morgan fingerprint density at radius 1 is 1.17 bits per heavy atom. The lowest BCUT2D eigenvalue weighted by Crippen LogP contribution is -2.31. The van der Waals surface area contributed by atoms with E-state index in [0.717, 1.165) is 18.9 Å². The van der Waals surface area contributed by atoms with Gasteiger partial charge in [-0.05, 0) is 49.4 Å². The molecule has 102 valence electrons. The standard InChI is InChI=1S/C16H28N2/c1-4-10-18-16(7-5-6-14(2)3)13-15-8-11-17-12-9-15/h8-9,11-12,14,16,18H,4-7,10,13H2,1-3H3. The first-order valence-corrected chi connectivity index (χ1v) is 7.34. The molecule has 0 saturated heterocycles. The van der Waals surface area contributed by atoms with Crippen LogP contribution in [0.2, 0.25) is 0 Å². The maximum Gasteiger partial charge on any atom is 0.0270 e. The molecule has 1 aromatic heterocycles. The number of rotatable bonds is 9. The van der Waals surface area contributed by atoms with Crippen LogP contribution < -0.4 is 5.32 Å². The van der Waals surface area contributed by atoms with Crippen molar-refractivity contribution in [2.75, 3.05) is 6.54 Å². The summed E-state index contributed by atoms with van der Waals surface area (Å²) in [6.45, 7) is 7.96. The van der Waals surface area contributed by atoms with Gasteiger partial charge in [0.05, 0.1) is 0 Å². The van der Waals surface area contributed by atoms with Gasteiger partial charge in [0.15, 0.2) is 0 Å². The quantitative estimate of drug-likeness (QED) is 0.718. The fourth-order valence-electron chi connectivity index (χ4n) is 2.20. The van der Waals surface area contributed by atoms with Crippen molar-refractivity contribution >= 4 is 0 Å². The van der Waals surface area contributed by atoms with Gasteiger partial charge >= 0.3 is 0 Å². The zero-order valence-electron chi connectivity index (χ0n) is 12.2. The van der Waals surface area contributed by atoms with E-state index in [1.54, 1.807) is 0 Å². The van der Waals surface area contributed by atoms with E-state index >= 15 is 0 Å². The SMILES string of the molecule is CCCNC(CCCC(C)C)Cc1ccncc1. The number of nitrogens with one attached hydrogen (secondary N) is 1. The number of pyridine rings is 1. The second-order valence-corrected chi connectivity index (χ2v) is 5.54. The molecule has 0 aliphatic carbocycles. The average molecular weight is 248 g/mol. The summed E-state index contributed by atoms with van der Waals surface area (Å²) in [7, 11) is 0. The van der Waals surface area contributed by atoms with Crippen LogP contribution in [0.1, 0.15) is 52.0 Å². The van der Waals surface area contributed by atoms with Crippen molar-refractivity contribution in [2.24, 2.45) is 5.92 Å². The molecule has 0 radical (unpaired) electrons. The van der Waals surface area contributed by atoms with Gasteiger partial charge in [-0.2, -0.15) is 0 Å². The molecule has 0 fully saturated rings. The first-order chi connectivity index (χ1) is 8.72. The van der Waals surface area contributed by atoms with Crippen LogP contribution in [-0.2, 0) is 6.42 Å². The second-order valence-electron chi connectivity index (χ2n) is 5.54. The second kappa shape index (κ2) is 9.09. The van der Waals surface area contributed by atoms with Gasteiger partial charge in [-0.15, -0.1) is 0 Å². The summed E-state index contributed by atoms with van der Waals surface area (Å²) in [5, 5.41) is 3.67. The summed E-state index contributed by atoms with van der Waals surface area (Å²) in [5.74, 6) is 0.817. The van der Waals surface area contributed by atoms with Crippen LogP contribution >= 0.6 is 0 Å². The first-order valence-electron chi connectivity index (χ1n) is 7.34. The molecule has 1 atom stereocenters. The van der Waals surface area contributed by atoms with E-state index in [-0.39, 0.29) is 0 Å². The third-order valence-electron chi connectivity index (χ3n) is 3.25. The normalized spacial score (nSPS) is 12.9. The molecule has 0 aromatic carbocycles. The Morgan fingerprint density at radius 2 is 1.89 bits per heavy atom. The predicted octanol–water partition coefficient (Wildman–Crippen LogP) is 3.82. The van der Waals surface area contributed by atoms with E-state index in [4.69, 9.17) is 0 Å². The lowest BCUT2D eigenvalue weighted by Gasteiger charge is -2.19. The monoisotopic (exact) mass is 248 g/mol. The van der Waals surface area contributed by atoms with Crippen LogP contribution in [0.25, 0.3) is 0 Å². The van der Waals surface area contributed by atoms with E-state index in [9.17, 15) is 0 Å². The Kier molecular flexibility index (Phi) is 7.66. The predicted molar refractivity (Wildman–Crippen MR) is 78.7 cm³/mol. The molecule has 2 heteroatoms. The van der Waals surface area contributed by atoms with Crippen molar-refractivity contribution in [1.82, 2.24) is 10.3 Å². The average Bonchev–Trinajstić information content (AvgIpc) is 2.36. The number of hydrogen-bond acceptors (Lipinski definition) is 2. The van der Waals surface area contributed by atoms with Gasteiger partial charge in [-0.1, -0.05) is 33.6 Å². The highest BCUT2D eigenvalue weighted by Crippen LogP contribution is 2.12. The Bertz CT molecular complexity index is 295. The van der Waals surface area contributed by atoms with Crippen LogP contribution in [-0.4, -0.2) is 17.6 Å². The van der Waals surface area contributed by atoms with E-state index < -0.39 is 0 Å². The Labute approximate surface area is 112 Å². The van der Waals surface area contributed by atoms with Crippen LogP contribution in [0.4, 0.5) is 0 Å². The Hall–Kier alpha value is -0.890. The maximum atomic E-state index is 4.08. The molecule has 1 N–H and O–H groups in total. The van der Waals surface area contributed by atoms with Crippen molar-refractivity contribution in [3.8, 4) is 0 Å². The summed E-state index contributed by atoms with van der Waals surface area (Å²) in [4.78, 5) is 4.08. The summed E-state index contributed by atoms with van der Waals surface area (Å²) in [5.41, 5.74) is 1.39. The minimum Gasteiger partial charge on any atom is -0.314 e. The van der Waals surface area contributed by atoms with Gasteiger partial charge < -0.3 is 5.32 Å². The smallest absolute Gasteiger partial charge is 0.0270 e. The first kappa shape index (κ1) is 15.2. The van der Waals surface area contributed by atoms with Gasteiger partial charge in [-0.25, -0.2) is 0 Å². The van der Waals surface area contributed by atoms with E-state index in [1.807, 2.05) is 12.4 Å². The molecule has 0 amide bonds. The number of aromatic nitrogens is 1. The van der Waals surface area contributed by atoms with Gasteiger partial charge in [0.2, 0.25) is 0 Å². The third kappa shape index (κ3) is 6.75. The summed E-state index contributed by atoms with van der Waals surface area (Å²) in [6.07, 6.45) is 10.0. The minimum atomic E-state index is 0.617. The lowest BCUT2D eigenvalue weighted by atomic mass is 9.98. The molecule has 1 unspecified atom stereocenters. The van der Waals surface area contributed by atoms with Crippen molar-refractivity contribution in [3.05, 3.63) is 30.1 Å². The molecular weight excluding hydrogens is 220 g/mol. The van der Waals surface area contributed by atoms with Gasteiger partial charge in [0.1, 0.15) is 0 Å². The molecule has 2 nitrogen and oxygen atoms in total. The summed E-state index contributed by atoms with van der Waals surface area (Å²) >= 11 is 0. The molecule has 0 aliphatic heterocycles. The Balaban J connectivity index is 2.39. The largest absolute Gasteiger partial charge is 0.314 e. The molecule has 0 aliphatic rings. The highest BCUT2D eigenvalue weighted by atomic mass is 14.9. The van der Waals surface area contributed by atoms with E-state index in [2.05, 4.69) is 43.2 Å². The molecule has 1 heterocycles. The van der Waals surface area contributed by atoms with E-state index in [0.29, 0.717) is 6.04 Å². The van der Waals surface area contributed by atoms with Crippen LogP contribution in [0.15, 0.2) is 24.5 Å². The molecule has 0 saturated carbocycles. The molecule has 1 rings (SSSR count). The highest BCUT2D eigenvalue weighted by Gasteiger charge is 2.09. The fraction of sp³-hybridized carbons (Fsp3) is 0.688. The van der Waals surface area contributed by atoms with E-state index in [1.165, 1.54) is 31.2 Å². The minimum absolute atomic E-state index is 0.617. The summed E-state index contributed by atoms with van der Waals surface area (Å²) < 4.78 is 0. The van der Waals surface area contributed by atoms with Crippen molar-refractivity contribution in [1.29, 1.82) is 0 Å². The molecule has 0 bridgehead atoms. The number of hydrogen-bond donors (Lipinski definition) is 1. The molecule has 1 aromatic rings. The molecular formula is C16H28N2. The van der Waals surface area contributed by atoms with Crippen molar-refractivity contribution < 1.29 is 0 Å². The maximum absolute atomic E-state index is 4.08.